The molecule has 7 atom stereocenters. The number of hydrogen-bond donors (Lipinski definition) is 4. The smallest absolute Gasteiger partial charge is 0.0839 e. The standard InChI is InChI=1S/C30H50O4/c1-20(9-6-16-29(3,4)34)25-14-15-26-22(10-7-17-30(25,26)5)12-13-23-19-27(32)24(11-8-18-31)28(33)21(23)2/h12-13,20,24-28,31-34H,2,6-11,14-19H2,1,3-5H3/b22-12+,23-13-/t20-,24-,25-,26?,27-,28-,30-/m1/s1. The first kappa shape index (κ1) is 27.6. The van der Waals surface area contributed by atoms with Crippen molar-refractivity contribution in [1.29, 1.82) is 0 Å². The average Bonchev–Trinajstić information content (AvgIpc) is 3.12. The van der Waals surface area contributed by atoms with Crippen molar-refractivity contribution in [2.75, 3.05) is 6.61 Å². The first-order valence-corrected chi connectivity index (χ1v) is 13.8. The van der Waals surface area contributed by atoms with E-state index in [1.165, 1.54) is 37.7 Å². The van der Waals surface area contributed by atoms with Crippen molar-refractivity contribution in [3.8, 4) is 0 Å². The van der Waals surface area contributed by atoms with Crippen molar-refractivity contribution in [2.45, 2.75) is 116 Å². The van der Waals surface area contributed by atoms with Crippen LogP contribution in [0.5, 0.6) is 0 Å². The second-order valence-electron chi connectivity index (χ2n) is 12.5. The van der Waals surface area contributed by atoms with Crippen molar-refractivity contribution in [2.24, 2.45) is 29.1 Å². The van der Waals surface area contributed by atoms with Gasteiger partial charge in [0.15, 0.2) is 0 Å². The monoisotopic (exact) mass is 474 g/mol. The van der Waals surface area contributed by atoms with Gasteiger partial charge in [0, 0.05) is 12.5 Å². The molecule has 0 aromatic carbocycles. The molecule has 3 saturated carbocycles. The van der Waals surface area contributed by atoms with E-state index >= 15 is 0 Å². The van der Waals surface area contributed by atoms with Gasteiger partial charge in [-0.2, -0.15) is 0 Å². The maximum atomic E-state index is 10.7. The Morgan fingerprint density at radius 3 is 2.59 bits per heavy atom. The van der Waals surface area contributed by atoms with Crippen LogP contribution in [0.25, 0.3) is 0 Å². The molecule has 4 nitrogen and oxygen atoms in total. The summed E-state index contributed by atoms with van der Waals surface area (Å²) in [6, 6.07) is 0. The fraction of sp³-hybridized carbons (Fsp3) is 0.800. The molecule has 1 unspecified atom stereocenters. The van der Waals surface area contributed by atoms with Gasteiger partial charge in [0.1, 0.15) is 0 Å². The highest BCUT2D eigenvalue weighted by Gasteiger charge is 2.50. The molecule has 0 saturated heterocycles. The van der Waals surface area contributed by atoms with Crippen molar-refractivity contribution < 1.29 is 20.4 Å². The molecule has 3 aliphatic rings. The zero-order chi connectivity index (χ0) is 25.1. The van der Waals surface area contributed by atoms with E-state index in [1.54, 1.807) is 0 Å². The second kappa shape index (κ2) is 11.4. The lowest BCUT2D eigenvalue weighted by Gasteiger charge is -2.44. The predicted octanol–water partition coefficient (Wildman–Crippen LogP) is 5.70. The highest BCUT2D eigenvalue weighted by molar-refractivity contribution is 5.39. The minimum atomic E-state index is -0.739. The van der Waals surface area contributed by atoms with Crippen LogP contribution in [-0.4, -0.2) is 44.8 Å². The number of aliphatic hydroxyl groups excluding tert-OH is 3. The van der Waals surface area contributed by atoms with Gasteiger partial charge in [0.25, 0.3) is 0 Å². The molecule has 34 heavy (non-hydrogen) atoms. The molecular weight excluding hydrogens is 424 g/mol. The van der Waals surface area contributed by atoms with Crippen LogP contribution in [0.1, 0.15) is 98.3 Å². The third kappa shape index (κ3) is 6.24. The van der Waals surface area contributed by atoms with E-state index in [0.29, 0.717) is 36.5 Å². The van der Waals surface area contributed by atoms with Crippen molar-refractivity contribution >= 4 is 0 Å². The molecule has 3 fully saturated rings. The van der Waals surface area contributed by atoms with Crippen LogP contribution < -0.4 is 0 Å². The fourth-order valence-electron chi connectivity index (χ4n) is 7.50. The zero-order valence-electron chi connectivity index (χ0n) is 22.1. The molecule has 0 radical (unpaired) electrons. The molecule has 0 heterocycles. The average molecular weight is 475 g/mol. The summed E-state index contributed by atoms with van der Waals surface area (Å²) >= 11 is 0. The molecule has 0 aliphatic heterocycles. The molecular formula is C30H50O4. The Labute approximate surface area is 207 Å². The van der Waals surface area contributed by atoms with Crippen LogP contribution in [0.2, 0.25) is 0 Å². The summed E-state index contributed by atoms with van der Waals surface area (Å²) in [6.45, 7) is 13.0. The van der Waals surface area contributed by atoms with Crippen molar-refractivity contribution in [3.05, 3.63) is 35.5 Å². The van der Waals surface area contributed by atoms with Crippen LogP contribution in [0, 0.1) is 29.1 Å². The van der Waals surface area contributed by atoms with E-state index in [-0.39, 0.29) is 12.5 Å². The number of allylic oxidation sites excluding steroid dienone is 3. The molecule has 0 spiro atoms. The van der Waals surface area contributed by atoms with E-state index in [0.717, 1.165) is 36.3 Å². The molecule has 4 heteroatoms. The highest BCUT2D eigenvalue weighted by atomic mass is 16.3. The molecule has 0 bridgehead atoms. The van der Waals surface area contributed by atoms with Gasteiger partial charge < -0.3 is 20.4 Å². The van der Waals surface area contributed by atoms with Crippen LogP contribution in [0.3, 0.4) is 0 Å². The Hall–Kier alpha value is -0.940. The quantitative estimate of drug-likeness (QED) is 0.345. The highest BCUT2D eigenvalue weighted by Crippen LogP contribution is 2.60. The van der Waals surface area contributed by atoms with Gasteiger partial charge in [0.05, 0.1) is 17.8 Å². The normalized spacial score (nSPS) is 37.9. The van der Waals surface area contributed by atoms with E-state index in [2.05, 4.69) is 32.6 Å². The van der Waals surface area contributed by atoms with Crippen LogP contribution in [0.15, 0.2) is 35.5 Å². The number of rotatable bonds is 9. The Morgan fingerprint density at radius 2 is 1.91 bits per heavy atom. The minimum absolute atomic E-state index is 0.0798. The first-order valence-electron chi connectivity index (χ1n) is 13.8. The van der Waals surface area contributed by atoms with Gasteiger partial charge in [-0.05, 0) is 106 Å². The van der Waals surface area contributed by atoms with E-state index in [9.17, 15) is 15.3 Å². The van der Waals surface area contributed by atoms with Crippen LogP contribution in [-0.2, 0) is 0 Å². The predicted molar refractivity (Wildman–Crippen MR) is 139 cm³/mol. The fourth-order valence-corrected chi connectivity index (χ4v) is 7.50. The van der Waals surface area contributed by atoms with Gasteiger partial charge in [-0.15, -0.1) is 0 Å². The van der Waals surface area contributed by atoms with E-state index in [4.69, 9.17) is 5.11 Å². The lowest BCUT2D eigenvalue weighted by molar-refractivity contribution is 0.0112. The van der Waals surface area contributed by atoms with Crippen LogP contribution >= 0.6 is 0 Å². The summed E-state index contributed by atoms with van der Waals surface area (Å²) in [4.78, 5) is 0. The van der Waals surface area contributed by atoms with Crippen LogP contribution in [0.4, 0.5) is 0 Å². The summed E-state index contributed by atoms with van der Waals surface area (Å²) in [7, 11) is 0. The van der Waals surface area contributed by atoms with E-state index in [1.807, 2.05) is 13.8 Å². The summed E-state index contributed by atoms with van der Waals surface area (Å²) in [5.74, 6) is 1.78. The molecule has 0 aromatic heterocycles. The number of hydrogen-bond acceptors (Lipinski definition) is 4. The Kier molecular flexibility index (Phi) is 9.28. The van der Waals surface area contributed by atoms with Gasteiger partial charge in [-0.1, -0.05) is 51.0 Å². The third-order valence-corrected chi connectivity index (χ3v) is 9.47. The summed E-state index contributed by atoms with van der Waals surface area (Å²) in [5, 5.41) is 40.6. The number of aliphatic hydroxyl groups is 4. The van der Waals surface area contributed by atoms with Gasteiger partial charge in [-0.3, -0.25) is 0 Å². The molecule has 4 N–H and O–H groups in total. The Bertz CT molecular complexity index is 760. The molecule has 3 aliphatic carbocycles. The molecule has 194 valence electrons. The zero-order valence-corrected chi connectivity index (χ0v) is 22.1. The largest absolute Gasteiger partial charge is 0.396 e. The Morgan fingerprint density at radius 1 is 1.18 bits per heavy atom. The summed E-state index contributed by atoms with van der Waals surface area (Å²) in [5.41, 5.74) is 3.00. The third-order valence-electron chi connectivity index (χ3n) is 9.47. The minimum Gasteiger partial charge on any atom is -0.396 e. The molecule has 0 aromatic rings. The van der Waals surface area contributed by atoms with E-state index < -0.39 is 17.8 Å². The Balaban J connectivity index is 1.69. The lowest BCUT2D eigenvalue weighted by atomic mass is 9.60. The lowest BCUT2D eigenvalue weighted by Crippen LogP contribution is -2.38. The summed E-state index contributed by atoms with van der Waals surface area (Å²) < 4.78 is 0. The topological polar surface area (TPSA) is 80.9 Å². The van der Waals surface area contributed by atoms with Crippen molar-refractivity contribution in [3.63, 3.8) is 0 Å². The summed E-state index contributed by atoms with van der Waals surface area (Å²) in [6.07, 6.45) is 14.2. The van der Waals surface area contributed by atoms with Gasteiger partial charge in [-0.25, -0.2) is 0 Å². The second-order valence-corrected chi connectivity index (χ2v) is 12.5. The first-order chi connectivity index (χ1) is 16.0. The van der Waals surface area contributed by atoms with Gasteiger partial charge >= 0.3 is 0 Å². The maximum Gasteiger partial charge on any atom is 0.0839 e. The molecule has 3 rings (SSSR count). The molecule has 0 amide bonds. The van der Waals surface area contributed by atoms with Crippen molar-refractivity contribution in [1.82, 2.24) is 0 Å². The maximum absolute atomic E-state index is 10.7. The van der Waals surface area contributed by atoms with Gasteiger partial charge in [0.2, 0.25) is 0 Å². The SMILES string of the molecule is C=C1/C(=C\C=C2/CCC[C@@]3(C)C2CC[C@@H]3[C@H](C)CCCC(C)(C)O)C[C@@H](O)[C@@H](CCCO)[C@@H]1O. The number of fused-ring (bicyclic) bond motifs is 1.